The number of carbonyl (C=O) groups excluding carboxylic acids is 1. The van der Waals surface area contributed by atoms with Gasteiger partial charge in [-0.25, -0.2) is 0 Å². The lowest BCUT2D eigenvalue weighted by Crippen LogP contribution is -2.41. The molecule has 1 aromatic carbocycles. The maximum atomic E-state index is 13.3. The number of amides is 1. The van der Waals surface area contributed by atoms with Crippen LogP contribution < -0.4 is 0 Å². The minimum atomic E-state index is -4.57. The van der Waals surface area contributed by atoms with Crippen LogP contribution in [0.3, 0.4) is 0 Å². The van der Waals surface area contributed by atoms with Crippen LogP contribution in [0.15, 0.2) is 45.6 Å². The van der Waals surface area contributed by atoms with E-state index in [0.29, 0.717) is 31.2 Å². The number of hydrogen-bond donors (Lipinski definition) is 0. The summed E-state index contributed by atoms with van der Waals surface area (Å²) in [5, 5.41) is 7.83. The van der Waals surface area contributed by atoms with Crippen molar-refractivity contribution in [2.45, 2.75) is 25.4 Å². The summed E-state index contributed by atoms with van der Waals surface area (Å²) in [5.41, 5.74) is -0.322. The topological polar surface area (TPSA) is 59.2 Å². The number of carbonyl (C=O) groups is 1. The van der Waals surface area contributed by atoms with Gasteiger partial charge in [-0.1, -0.05) is 17.3 Å². The van der Waals surface area contributed by atoms with Crippen molar-refractivity contribution in [3.8, 4) is 11.4 Å². The molecule has 2 aromatic heterocycles. The Labute approximate surface area is 169 Å². The molecule has 1 amide bonds. The van der Waals surface area contributed by atoms with Crippen LogP contribution in [0.4, 0.5) is 13.2 Å². The first-order chi connectivity index (χ1) is 13.9. The van der Waals surface area contributed by atoms with Crippen LogP contribution in [-0.2, 0) is 12.6 Å². The molecule has 1 atom stereocenters. The van der Waals surface area contributed by atoms with E-state index < -0.39 is 17.6 Å². The third-order valence-electron chi connectivity index (χ3n) is 4.98. The molecule has 1 saturated heterocycles. The van der Waals surface area contributed by atoms with Gasteiger partial charge in [0.25, 0.3) is 5.91 Å². The van der Waals surface area contributed by atoms with Crippen molar-refractivity contribution in [3.05, 3.63) is 58.1 Å². The monoisotopic (exact) mass is 421 g/mol. The summed E-state index contributed by atoms with van der Waals surface area (Å²) in [6.45, 7) is 0.798. The molecule has 1 fully saturated rings. The predicted octanol–water partition coefficient (Wildman–Crippen LogP) is 4.91. The normalized spacial score (nSPS) is 17.5. The standard InChI is InChI=1S/C20H18F3N3O2S/c21-20(22,23)16-6-2-1-5-15(16)19(27)26-8-3-4-13(11-26)10-17-24-18(25-28-17)14-7-9-29-12-14/h1-2,5-7,9,12-13H,3-4,8,10-11H2. The summed E-state index contributed by atoms with van der Waals surface area (Å²) in [4.78, 5) is 18.7. The Bertz CT molecular complexity index is 985. The fraction of sp³-hybridized carbons (Fsp3) is 0.350. The molecule has 0 bridgehead atoms. The van der Waals surface area contributed by atoms with Crippen molar-refractivity contribution < 1.29 is 22.5 Å². The van der Waals surface area contributed by atoms with E-state index in [9.17, 15) is 18.0 Å². The van der Waals surface area contributed by atoms with Crippen molar-refractivity contribution in [2.75, 3.05) is 13.1 Å². The minimum Gasteiger partial charge on any atom is -0.339 e. The zero-order valence-corrected chi connectivity index (χ0v) is 16.2. The number of piperidine rings is 1. The lowest BCUT2D eigenvalue weighted by atomic mass is 9.93. The third kappa shape index (κ3) is 4.34. The van der Waals surface area contributed by atoms with Crippen LogP contribution in [0, 0.1) is 5.92 Å². The number of alkyl halides is 3. The summed E-state index contributed by atoms with van der Waals surface area (Å²) < 4.78 is 45.1. The van der Waals surface area contributed by atoms with Gasteiger partial charge >= 0.3 is 6.18 Å². The quantitative estimate of drug-likeness (QED) is 0.601. The molecule has 0 radical (unpaired) electrons. The van der Waals surface area contributed by atoms with Crippen molar-refractivity contribution in [3.63, 3.8) is 0 Å². The highest BCUT2D eigenvalue weighted by Crippen LogP contribution is 2.33. The van der Waals surface area contributed by atoms with Gasteiger partial charge in [0.2, 0.25) is 11.7 Å². The van der Waals surface area contributed by atoms with Crippen molar-refractivity contribution in [2.24, 2.45) is 5.92 Å². The molecule has 29 heavy (non-hydrogen) atoms. The molecule has 0 aliphatic carbocycles. The lowest BCUT2D eigenvalue weighted by Gasteiger charge is -2.32. The largest absolute Gasteiger partial charge is 0.417 e. The zero-order chi connectivity index (χ0) is 20.4. The van der Waals surface area contributed by atoms with Crippen LogP contribution in [-0.4, -0.2) is 34.0 Å². The Morgan fingerprint density at radius 3 is 2.86 bits per heavy atom. The van der Waals surface area contributed by atoms with Gasteiger partial charge in [0, 0.05) is 30.5 Å². The highest BCUT2D eigenvalue weighted by molar-refractivity contribution is 7.08. The fourth-order valence-corrected chi connectivity index (χ4v) is 4.23. The van der Waals surface area contributed by atoms with Gasteiger partial charge in [-0.05, 0) is 42.3 Å². The first kappa shape index (κ1) is 19.6. The van der Waals surface area contributed by atoms with Gasteiger partial charge in [0.1, 0.15) is 0 Å². The molecule has 1 unspecified atom stereocenters. The summed E-state index contributed by atoms with van der Waals surface area (Å²) in [6.07, 6.45) is -2.51. The van der Waals surface area contributed by atoms with Crippen molar-refractivity contribution >= 4 is 17.2 Å². The molecule has 1 aliphatic rings. The highest BCUT2D eigenvalue weighted by Gasteiger charge is 2.36. The van der Waals surface area contributed by atoms with E-state index in [1.165, 1.54) is 34.4 Å². The van der Waals surface area contributed by atoms with E-state index in [2.05, 4.69) is 10.1 Å². The molecule has 4 rings (SSSR count). The lowest BCUT2D eigenvalue weighted by molar-refractivity contribution is -0.138. The highest BCUT2D eigenvalue weighted by atomic mass is 32.1. The van der Waals surface area contributed by atoms with E-state index in [1.54, 1.807) is 0 Å². The number of halogens is 3. The van der Waals surface area contributed by atoms with E-state index in [1.807, 2.05) is 16.8 Å². The zero-order valence-electron chi connectivity index (χ0n) is 15.4. The Morgan fingerprint density at radius 1 is 1.28 bits per heavy atom. The molecular weight excluding hydrogens is 403 g/mol. The molecule has 5 nitrogen and oxygen atoms in total. The van der Waals surface area contributed by atoms with Crippen LogP contribution in [0.5, 0.6) is 0 Å². The van der Waals surface area contributed by atoms with Gasteiger partial charge in [-0.2, -0.15) is 29.5 Å². The third-order valence-corrected chi connectivity index (χ3v) is 5.66. The molecule has 9 heteroatoms. The molecular formula is C20H18F3N3O2S. The van der Waals surface area contributed by atoms with E-state index in [0.717, 1.165) is 24.5 Å². The van der Waals surface area contributed by atoms with Gasteiger partial charge in [0.15, 0.2) is 0 Å². The smallest absolute Gasteiger partial charge is 0.339 e. The SMILES string of the molecule is O=C(c1ccccc1C(F)(F)F)N1CCCC(Cc2nc(-c3ccsc3)no2)C1. The maximum absolute atomic E-state index is 13.3. The molecule has 3 aromatic rings. The number of thiophene rings is 1. The Kier molecular flexibility index (Phi) is 5.40. The summed E-state index contributed by atoms with van der Waals surface area (Å²) >= 11 is 1.54. The van der Waals surface area contributed by atoms with E-state index in [4.69, 9.17) is 4.52 Å². The predicted molar refractivity (Wildman–Crippen MR) is 101 cm³/mol. The van der Waals surface area contributed by atoms with Crippen molar-refractivity contribution in [1.82, 2.24) is 15.0 Å². The second-order valence-corrected chi connectivity index (χ2v) is 7.81. The molecule has 3 heterocycles. The van der Waals surface area contributed by atoms with Gasteiger partial charge in [-0.3, -0.25) is 4.79 Å². The van der Waals surface area contributed by atoms with Crippen molar-refractivity contribution in [1.29, 1.82) is 0 Å². The van der Waals surface area contributed by atoms with Crippen LogP contribution in [0.1, 0.15) is 34.7 Å². The second kappa shape index (κ2) is 7.98. The number of nitrogens with zero attached hydrogens (tertiary/aromatic N) is 3. The van der Waals surface area contributed by atoms with E-state index in [-0.39, 0.29) is 11.5 Å². The average molecular weight is 421 g/mol. The average Bonchev–Trinajstić information content (AvgIpc) is 3.39. The summed E-state index contributed by atoms with van der Waals surface area (Å²) in [6, 6.07) is 6.82. The first-order valence-corrected chi connectivity index (χ1v) is 10.2. The van der Waals surface area contributed by atoms with Gasteiger partial charge in [-0.15, -0.1) is 0 Å². The Morgan fingerprint density at radius 2 is 2.10 bits per heavy atom. The molecule has 0 N–H and O–H groups in total. The Hall–Kier alpha value is -2.68. The molecule has 152 valence electrons. The van der Waals surface area contributed by atoms with Gasteiger partial charge in [0.05, 0.1) is 11.1 Å². The molecule has 0 saturated carbocycles. The summed E-state index contributed by atoms with van der Waals surface area (Å²) in [5.74, 6) is 0.457. The van der Waals surface area contributed by atoms with Crippen LogP contribution >= 0.6 is 11.3 Å². The maximum Gasteiger partial charge on any atom is 0.417 e. The number of aromatic nitrogens is 2. The Balaban J connectivity index is 1.46. The second-order valence-electron chi connectivity index (χ2n) is 7.03. The van der Waals surface area contributed by atoms with Crippen LogP contribution in [0.2, 0.25) is 0 Å². The molecule has 0 spiro atoms. The van der Waals surface area contributed by atoms with Crippen LogP contribution in [0.25, 0.3) is 11.4 Å². The minimum absolute atomic E-state index is 0.0570. The van der Waals surface area contributed by atoms with E-state index >= 15 is 0 Å². The molecule has 1 aliphatic heterocycles. The number of hydrogen-bond acceptors (Lipinski definition) is 5. The fourth-order valence-electron chi connectivity index (χ4n) is 3.60. The number of benzene rings is 1. The van der Waals surface area contributed by atoms with Gasteiger partial charge < -0.3 is 9.42 Å². The number of rotatable bonds is 4. The first-order valence-electron chi connectivity index (χ1n) is 9.22. The summed E-state index contributed by atoms with van der Waals surface area (Å²) in [7, 11) is 0. The number of likely N-dealkylation sites (tertiary alicyclic amines) is 1.